The molecule has 1 heterocycles. The molecule has 0 spiro atoms. The fraction of sp³-hybridized carbons (Fsp3) is 0.500. The van der Waals surface area contributed by atoms with Crippen LogP contribution in [0.1, 0.15) is 53.8 Å². The predicted molar refractivity (Wildman–Crippen MR) is 92.6 cm³/mol. The van der Waals surface area contributed by atoms with E-state index in [-0.39, 0.29) is 17.2 Å². The topological polar surface area (TPSA) is 110 Å². The normalized spacial score (nSPS) is 25.2. The third-order valence-electron chi connectivity index (χ3n) is 5.53. The van der Waals surface area contributed by atoms with Gasteiger partial charge in [0.25, 0.3) is 17.5 Å². The van der Waals surface area contributed by atoms with Crippen LogP contribution in [0.15, 0.2) is 18.2 Å². The van der Waals surface area contributed by atoms with Crippen molar-refractivity contribution in [3.8, 4) is 0 Å². The average Bonchev–Trinajstić information content (AvgIpc) is 2.84. The lowest BCUT2D eigenvalue weighted by molar-refractivity contribution is -0.385. The lowest BCUT2D eigenvalue weighted by Crippen LogP contribution is -2.48. The van der Waals surface area contributed by atoms with Crippen molar-refractivity contribution >= 4 is 23.4 Å². The van der Waals surface area contributed by atoms with Gasteiger partial charge in [-0.05, 0) is 24.3 Å². The van der Waals surface area contributed by atoms with Crippen LogP contribution in [0.5, 0.6) is 0 Å². The molecule has 0 aromatic heterocycles. The summed E-state index contributed by atoms with van der Waals surface area (Å²) in [4.78, 5) is 48.5. The molecule has 1 fully saturated rings. The van der Waals surface area contributed by atoms with E-state index in [0.29, 0.717) is 11.8 Å². The Morgan fingerprint density at radius 3 is 2.69 bits per heavy atom. The van der Waals surface area contributed by atoms with E-state index in [1.54, 1.807) is 0 Å². The maximum atomic E-state index is 12.5. The van der Waals surface area contributed by atoms with Crippen molar-refractivity contribution < 1.29 is 19.3 Å². The van der Waals surface area contributed by atoms with Crippen LogP contribution in [0.25, 0.3) is 0 Å². The Morgan fingerprint density at radius 2 is 2.00 bits per heavy atom. The predicted octanol–water partition coefficient (Wildman–Crippen LogP) is 2.13. The van der Waals surface area contributed by atoms with Gasteiger partial charge >= 0.3 is 0 Å². The SMILES string of the molecule is C[C@@H]1[C@H](C)CCC[C@@H]1NC(=O)CN1C(=O)c2cccc([N+](=O)[O-])c2C1=O. The van der Waals surface area contributed by atoms with E-state index in [2.05, 4.69) is 19.2 Å². The van der Waals surface area contributed by atoms with E-state index in [4.69, 9.17) is 0 Å². The Morgan fingerprint density at radius 1 is 1.27 bits per heavy atom. The summed E-state index contributed by atoms with van der Waals surface area (Å²) in [6, 6.07) is 3.91. The standard InChI is InChI=1S/C18H21N3O5/c1-10-5-3-7-13(11(10)2)19-15(22)9-20-17(23)12-6-4-8-14(21(25)26)16(12)18(20)24/h4,6,8,10-11,13H,3,5,7,9H2,1-2H3,(H,19,22)/t10-,11-,13+/m1/s1. The molecule has 1 aromatic carbocycles. The maximum absolute atomic E-state index is 12.5. The molecular formula is C18H21N3O5. The fourth-order valence-electron chi connectivity index (χ4n) is 3.79. The highest BCUT2D eigenvalue weighted by Crippen LogP contribution is 2.31. The van der Waals surface area contributed by atoms with Crippen molar-refractivity contribution in [2.24, 2.45) is 11.8 Å². The van der Waals surface area contributed by atoms with Crippen molar-refractivity contribution in [1.82, 2.24) is 10.2 Å². The van der Waals surface area contributed by atoms with Crippen molar-refractivity contribution in [3.63, 3.8) is 0 Å². The second-order valence-electron chi connectivity index (χ2n) is 7.09. The number of carbonyl (C=O) groups excluding carboxylic acids is 3. The molecule has 0 bridgehead atoms. The number of hydrogen-bond acceptors (Lipinski definition) is 5. The van der Waals surface area contributed by atoms with Gasteiger partial charge in [0.05, 0.1) is 10.5 Å². The Balaban J connectivity index is 1.74. The monoisotopic (exact) mass is 359 g/mol. The van der Waals surface area contributed by atoms with Crippen LogP contribution >= 0.6 is 0 Å². The first kappa shape index (κ1) is 18.0. The van der Waals surface area contributed by atoms with E-state index in [0.717, 1.165) is 24.2 Å². The molecule has 3 amide bonds. The number of imide groups is 1. The zero-order valence-electron chi connectivity index (χ0n) is 14.7. The molecule has 3 rings (SSSR count). The number of nitro groups is 1. The molecule has 26 heavy (non-hydrogen) atoms. The summed E-state index contributed by atoms with van der Waals surface area (Å²) in [7, 11) is 0. The van der Waals surface area contributed by atoms with Crippen molar-refractivity contribution in [2.45, 2.75) is 39.2 Å². The van der Waals surface area contributed by atoms with Crippen molar-refractivity contribution in [3.05, 3.63) is 39.4 Å². The summed E-state index contributed by atoms with van der Waals surface area (Å²) < 4.78 is 0. The lowest BCUT2D eigenvalue weighted by Gasteiger charge is -2.34. The minimum atomic E-state index is -0.794. The highest BCUT2D eigenvalue weighted by atomic mass is 16.6. The number of carbonyl (C=O) groups is 3. The summed E-state index contributed by atoms with van der Waals surface area (Å²) >= 11 is 0. The van der Waals surface area contributed by atoms with Gasteiger partial charge in [0.1, 0.15) is 12.1 Å². The molecule has 0 radical (unpaired) electrons. The van der Waals surface area contributed by atoms with Gasteiger partial charge < -0.3 is 5.32 Å². The fourth-order valence-corrected chi connectivity index (χ4v) is 3.79. The van der Waals surface area contributed by atoms with E-state index >= 15 is 0 Å². The highest BCUT2D eigenvalue weighted by Gasteiger charge is 2.42. The molecule has 138 valence electrons. The molecule has 1 aliphatic heterocycles. The first-order valence-corrected chi connectivity index (χ1v) is 8.74. The third-order valence-corrected chi connectivity index (χ3v) is 5.53. The van der Waals surface area contributed by atoms with Crippen LogP contribution < -0.4 is 5.32 Å². The number of nitrogens with one attached hydrogen (secondary N) is 1. The Bertz CT molecular complexity index is 791. The van der Waals surface area contributed by atoms with Gasteiger partial charge in [-0.25, -0.2) is 0 Å². The quantitative estimate of drug-likeness (QED) is 0.503. The second kappa shape index (κ2) is 6.86. The molecule has 0 unspecified atom stereocenters. The molecule has 1 aliphatic carbocycles. The molecule has 1 saturated carbocycles. The van der Waals surface area contributed by atoms with Gasteiger partial charge in [-0.3, -0.25) is 29.4 Å². The number of nitro benzene ring substituents is 1. The molecule has 1 N–H and O–H groups in total. The summed E-state index contributed by atoms with van der Waals surface area (Å²) in [5.41, 5.74) is -0.690. The molecule has 8 heteroatoms. The second-order valence-corrected chi connectivity index (χ2v) is 7.09. The summed E-state index contributed by atoms with van der Waals surface area (Å²) in [6.07, 6.45) is 3.01. The highest BCUT2D eigenvalue weighted by molar-refractivity contribution is 6.24. The number of fused-ring (bicyclic) bond motifs is 1. The van der Waals surface area contributed by atoms with Crippen molar-refractivity contribution in [1.29, 1.82) is 0 Å². The van der Waals surface area contributed by atoms with Gasteiger partial charge in [-0.2, -0.15) is 0 Å². The first-order chi connectivity index (χ1) is 12.3. The first-order valence-electron chi connectivity index (χ1n) is 8.74. The van der Waals surface area contributed by atoms with Gasteiger partial charge in [-0.15, -0.1) is 0 Å². The van der Waals surface area contributed by atoms with Crippen molar-refractivity contribution in [2.75, 3.05) is 6.54 Å². The van der Waals surface area contributed by atoms with Gasteiger partial charge in [0, 0.05) is 12.1 Å². The van der Waals surface area contributed by atoms with Crippen LogP contribution in [0.2, 0.25) is 0 Å². The number of benzene rings is 1. The minimum Gasteiger partial charge on any atom is -0.352 e. The zero-order chi connectivity index (χ0) is 19.0. The van der Waals surface area contributed by atoms with Gasteiger partial charge in [0.2, 0.25) is 5.91 Å². The molecular weight excluding hydrogens is 338 g/mol. The number of rotatable bonds is 4. The Hall–Kier alpha value is -2.77. The summed E-state index contributed by atoms with van der Waals surface area (Å²) in [5.74, 6) is -1.08. The molecule has 1 aromatic rings. The van der Waals surface area contributed by atoms with Crippen LogP contribution in [-0.2, 0) is 4.79 Å². The van der Waals surface area contributed by atoms with Gasteiger partial charge in [-0.1, -0.05) is 32.8 Å². The molecule has 8 nitrogen and oxygen atoms in total. The number of nitrogens with zero attached hydrogens (tertiary/aromatic N) is 2. The maximum Gasteiger partial charge on any atom is 0.282 e. The van der Waals surface area contributed by atoms with E-state index in [1.807, 2.05) is 0 Å². The summed E-state index contributed by atoms with van der Waals surface area (Å²) in [6.45, 7) is 3.80. The summed E-state index contributed by atoms with van der Waals surface area (Å²) in [5, 5.41) is 14.0. The van der Waals surface area contributed by atoms with Crippen LogP contribution in [0.3, 0.4) is 0 Å². The van der Waals surface area contributed by atoms with Crippen LogP contribution in [-0.4, -0.2) is 40.1 Å². The van der Waals surface area contributed by atoms with E-state index < -0.39 is 34.9 Å². The third kappa shape index (κ3) is 3.07. The molecule has 2 aliphatic rings. The van der Waals surface area contributed by atoms with E-state index in [9.17, 15) is 24.5 Å². The zero-order valence-corrected chi connectivity index (χ0v) is 14.7. The Kier molecular flexibility index (Phi) is 4.76. The number of hydrogen-bond donors (Lipinski definition) is 1. The van der Waals surface area contributed by atoms with Crippen LogP contribution in [0.4, 0.5) is 5.69 Å². The Labute approximate surface area is 150 Å². The van der Waals surface area contributed by atoms with E-state index in [1.165, 1.54) is 18.2 Å². The smallest absolute Gasteiger partial charge is 0.282 e. The largest absolute Gasteiger partial charge is 0.352 e. The van der Waals surface area contributed by atoms with Crippen LogP contribution in [0, 0.1) is 22.0 Å². The number of amides is 3. The molecule has 0 saturated heterocycles. The van der Waals surface area contributed by atoms with Gasteiger partial charge in [0.15, 0.2) is 0 Å². The minimum absolute atomic E-state index is 0.00997. The average molecular weight is 359 g/mol. The lowest BCUT2D eigenvalue weighted by atomic mass is 9.78. The molecule has 3 atom stereocenters.